The zero-order valence-corrected chi connectivity index (χ0v) is 10.5. The van der Waals surface area contributed by atoms with Crippen molar-refractivity contribution in [3.8, 4) is 11.8 Å². The van der Waals surface area contributed by atoms with E-state index in [0.717, 1.165) is 11.4 Å². The molecule has 0 aliphatic heterocycles. The minimum absolute atomic E-state index is 0.297. The first-order valence-corrected chi connectivity index (χ1v) is 5.92. The topological polar surface area (TPSA) is 45.0 Å². The largest absolute Gasteiger partial charge is 0.494 e. The Hall–Kier alpha value is -2.54. The molecule has 0 heterocycles. The van der Waals surface area contributed by atoms with Gasteiger partial charge in [0.25, 0.3) is 0 Å². The number of anilines is 2. The number of halogens is 1. The maximum absolute atomic E-state index is 13.7. The molecule has 4 heteroatoms. The molecule has 2 rings (SSSR count). The molecule has 0 aliphatic rings. The third kappa shape index (κ3) is 3.23. The van der Waals surface area contributed by atoms with E-state index < -0.39 is 5.82 Å². The van der Waals surface area contributed by atoms with Crippen LogP contribution in [0.15, 0.2) is 42.5 Å². The SMILES string of the molecule is CCOc1cccc(Nc2ccc(C#N)cc2F)c1. The Balaban J connectivity index is 2.21. The molecule has 2 aromatic carbocycles. The molecule has 0 aliphatic carbocycles. The summed E-state index contributed by atoms with van der Waals surface area (Å²) >= 11 is 0. The van der Waals surface area contributed by atoms with Gasteiger partial charge in [-0.1, -0.05) is 6.07 Å². The molecule has 0 aromatic heterocycles. The molecule has 0 atom stereocenters. The van der Waals surface area contributed by atoms with Crippen LogP contribution in [-0.2, 0) is 0 Å². The molecular formula is C15H13FN2O. The summed E-state index contributed by atoms with van der Waals surface area (Å²) in [6.07, 6.45) is 0. The highest BCUT2D eigenvalue weighted by atomic mass is 19.1. The van der Waals surface area contributed by atoms with E-state index in [-0.39, 0.29) is 0 Å². The predicted octanol–water partition coefficient (Wildman–Crippen LogP) is 3.84. The maximum atomic E-state index is 13.7. The van der Waals surface area contributed by atoms with Crippen molar-refractivity contribution in [3.05, 3.63) is 53.8 Å². The second-order valence-corrected chi connectivity index (χ2v) is 3.89. The highest BCUT2D eigenvalue weighted by Crippen LogP contribution is 2.23. The Kier molecular flexibility index (Phi) is 3.99. The van der Waals surface area contributed by atoms with Gasteiger partial charge in [0.05, 0.1) is 23.9 Å². The van der Waals surface area contributed by atoms with E-state index in [0.29, 0.717) is 17.9 Å². The van der Waals surface area contributed by atoms with E-state index in [9.17, 15) is 4.39 Å². The van der Waals surface area contributed by atoms with Gasteiger partial charge in [-0.15, -0.1) is 0 Å². The monoisotopic (exact) mass is 256 g/mol. The van der Waals surface area contributed by atoms with Crippen LogP contribution in [0.2, 0.25) is 0 Å². The highest BCUT2D eigenvalue weighted by Gasteiger charge is 2.04. The molecular weight excluding hydrogens is 243 g/mol. The van der Waals surface area contributed by atoms with Crippen LogP contribution in [0.4, 0.5) is 15.8 Å². The van der Waals surface area contributed by atoms with E-state index in [1.165, 1.54) is 6.07 Å². The highest BCUT2D eigenvalue weighted by molar-refractivity contribution is 5.62. The van der Waals surface area contributed by atoms with Crippen molar-refractivity contribution in [1.82, 2.24) is 0 Å². The van der Waals surface area contributed by atoms with Crippen LogP contribution in [0, 0.1) is 17.1 Å². The average molecular weight is 256 g/mol. The maximum Gasteiger partial charge on any atom is 0.147 e. The van der Waals surface area contributed by atoms with Crippen LogP contribution in [0.5, 0.6) is 5.75 Å². The molecule has 19 heavy (non-hydrogen) atoms. The minimum Gasteiger partial charge on any atom is -0.494 e. The van der Waals surface area contributed by atoms with Gasteiger partial charge in [0.2, 0.25) is 0 Å². The van der Waals surface area contributed by atoms with Crippen molar-refractivity contribution in [2.24, 2.45) is 0 Å². The summed E-state index contributed by atoms with van der Waals surface area (Å²) in [5.74, 6) is 0.266. The Morgan fingerprint density at radius 1 is 1.26 bits per heavy atom. The van der Waals surface area contributed by atoms with Crippen molar-refractivity contribution in [1.29, 1.82) is 5.26 Å². The quantitative estimate of drug-likeness (QED) is 0.903. The Morgan fingerprint density at radius 2 is 2.11 bits per heavy atom. The lowest BCUT2D eigenvalue weighted by atomic mass is 10.2. The summed E-state index contributed by atoms with van der Waals surface area (Å²) in [4.78, 5) is 0. The lowest BCUT2D eigenvalue weighted by Crippen LogP contribution is -1.96. The number of nitrogens with one attached hydrogen (secondary N) is 1. The molecule has 1 N–H and O–H groups in total. The average Bonchev–Trinajstić information content (AvgIpc) is 2.42. The first kappa shape index (κ1) is 12.9. The first-order valence-electron chi connectivity index (χ1n) is 5.92. The zero-order chi connectivity index (χ0) is 13.7. The van der Waals surface area contributed by atoms with Crippen LogP contribution in [0.25, 0.3) is 0 Å². The number of nitrogens with zero attached hydrogens (tertiary/aromatic N) is 1. The number of ether oxygens (including phenoxy) is 1. The molecule has 0 bridgehead atoms. The van der Waals surface area contributed by atoms with E-state index in [1.54, 1.807) is 18.2 Å². The molecule has 0 saturated heterocycles. The number of rotatable bonds is 4. The summed E-state index contributed by atoms with van der Waals surface area (Å²) in [7, 11) is 0. The van der Waals surface area contributed by atoms with Gasteiger partial charge in [-0.2, -0.15) is 5.26 Å². The van der Waals surface area contributed by atoms with Crippen LogP contribution in [-0.4, -0.2) is 6.61 Å². The van der Waals surface area contributed by atoms with E-state index in [2.05, 4.69) is 5.32 Å². The van der Waals surface area contributed by atoms with Crippen molar-refractivity contribution >= 4 is 11.4 Å². The molecule has 96 valence electrons. The van der Waals surface area contributed by atoms with Gasteiger partial charge < -0.3 is 10.1 Å². The number of nitriles is 1. The van der Waals surface area contributed by atoms with E-state index in [1.807, 2.05) is 31.2 Å². The molecule has 0 radical (unpaired) electrons. The third-order valence-corrected chi connectivity index (χ3v) is 2.52. The van der Waals surface area contributed by atoms with Crippen molar-refractivity contribution in [2.75, 3.05) is 11.9 Å². The second-order valence-electron chi connectivity index (χ2n) is 3.89. The fourth-order valence-electron chi connectivity index (χ4n) is 1.67. The normalized spacial score (nSPS) is 9.74. The third-order valence-electron chi connectivity index (χ3n) is 2.52. The minimum atomic E-state index is -0.458. The molecule has 3 nitrogen and oxygen atoms in total. The predicted molar refractivity (Wildman–Crippen MR) is 72.0 cm³/mol. The van der Waals surface area contributed by atoms with Gasteiger partial charge in [-0.3, -0.25) is 0 Å². The van der Waals surface area contributed by atoms with Gasteiger partial charge in [-0.05, 0) is 37.3 Å². The van der Waals surface area contributed by atoms with Crippen LogP contribution in [0.1, 0.15) is 12.5 Å². The molecule has 0 fully saturated rings. The summed E-state index contributed by atoms with van der Waals surface area (Å²) in [6, 6.07) is 13.5. The zero-order valence-electron chi connectivity index (χ0n) is 10.5. The Bertz CT molecular complexity index is 620. The standard InChI is InChI=1S/C15H13FN2O/c1-2-19-13-5-3-4-12(9-13)18-15-7-6-11(10-17)8-14(15)16/h3-9,18H,2H2,1H3. The second kappa shape index (κ2) is 5.87. The van der Waals surface area contributed by atoms with Crippen molar-refractivity contribution < 1.29 is 9.13 Å². The van der Waals surface area contributed by atoms with E-state index in [4.69, 9.17) is 10.00 Å². The Morgan fingerprint density at radius 3 is 2.79 bits per heavy atom. The van der Waals surface area contributed by atoms with Crippen molar-refractivity contribution in [2.45, 2.75) is 6.92 Å². The fraction of sp³-hybridized carbons (Fsp3) is 0.133. The number of hydrogen-bond donors (Lipinski definition) is 1. The lowest BCUT2D eigenvalue weighted by molar-refractivity contribution is 0.340. The van der Waals surface area contributed by atoms with Crippen LogP contribution >= 0.6 is 0 Å². The number of hydrogen-bond acceptors (Lipinski definition) is 3. The summed E-state index contributed by atoms with van der Waals surface area (Å²) < 4.78 is 19.1. The molecule has 2 aromatic rings. The molecule has 0 spiro atoms. The van der Waals surface area contributed by atoms with Crippen LogP contribution < -0.4 is 10.1 Å². The van der Waals surface area contributed by atoms with Crippen LogP contribution in [0.3, 0.4) is 0 Å². The fourth-order valence-corrected chi connectivity index (χ4v) is 1.67. The molecule has 0 saturated carbocycles. The van der Waals surface area contributed by atoms with Gasteiger partial charge in [-0.25, -0.2) is 4.39 Å². The Labute approximate surface area is 111 Å². The summed E-state index contributed by atoms with van der Waals surface area (Å²) in [5.41, 5.74) is 1.35. The molecule has 0 unspecified atom stereocenters. The summed E-state index contributed by atoms with van der Waals surface area (Å²) in [5, 5.41) is 11.6. The first-order chi connectivity index (χ1) is 9.22. The van der Waals surface area contributed by atoms with Gasteiger partial charge >= 0.3 is 0 Å². The smallest absolute Gasteiger partial charge is 0.147 e. The lowest BCUT2D eigenvalue weighted by Gasteiger charge is -2.09. The molecule has 0 amide bonds. The van der Waals surface area contributed by atoms with Gasteiger partial charge in [0.15, 0.2) is 0 Å². The summed E-state index contributed by atoms with van der Waals surface area (Å²) in [6.45, 7) is 2.48. The van der Waals surface area contributed by atoms with Gasteiger partial charge in [0, 0.05) is 11.8 Å². The van der Waals surface area contributed by atoms with Crippen molar-refractivity contribution in [3.63, 3.8) is 0 Å². The van der Waals surface area contributed by atoms with Gasteiger partial charge in [0.1, 0.15) is 11.6 Å². The number of benzene rings is 2. The van der Waals surface area contributed by atoms with E-state index >= 15 is 0 Å².